The van der Waals surface area contributed by atoms with Gasteiger partial charge in [-0.3, -0.25) is 0 Å². The van der Waals surface area contributed by atoms with E-state index in [0.717, 1.165) is 43.2 Å². The monoisotopic (exact) mass is 336 g/mol. The number of fused-ring (bicyclic) bond motifs is 1. The van der Waals surface area contributed by atoms with Crippen molar-refractivity contribution in [2.45, 2.75) is 51.7 Å². The van der Waals surface area contributed by atoms with Gasteiger partial charge in [0.05, 0.1) is 6.04 Å². The zero-order valence-corrected chi connectivity index (χ0v) is 13.9. The van der Waals surface area contributed by atoms with Crippen LogP contribution in [0.3, 0.4) is 0 Å². The van der Waals surface area contributed by atoms with Gasteiger partial charge in [0.2, 0.25) is 0 Å². The van der Waals surface area contributed by atoms with Gasteiger partial charge in [-0.1, -0.05) is 0 Å². The highest BCUT2D eigenvalue weighted by Crippen LogP contribution is 2.19. The molecule has 0 aliphatic carbocycles. The zero-order chi connectivity index (χ0) is 17.1. The van der Waals surface area contributed by atoms with Gasteiger partial charge in [-0.25, -0.2) is 8.78 Å². The van der Waals surface area contributed by atoms with Crippen LogP contribution in [0.4, 0.5) is 8.78 Å². The van der Waals surface area contributed by atoms with Crippen molar-refractivity contribution in [3.8, 4) is 5.75 Å². The van der Waals surface area contributed by atoms with Crippen LogP contribution in [0.5, 0.6) is 5.75 Å². The molecule has 0 amide bonds. The Hall–Kier alpha value is -2.02. The first-order valence-corrected chi connectivity index (χ1v) is 8.30. The molecule has 0 bridgehead atoms. The number of nitrogens with one attached hydrogen (secondary N) is 1. The third kappa shape index (κ3) is 3.72. The van der Waals surface area contributed by atoms with Gasteiger partial charge in [0.1, 0.15) is 24.0 Å². The first-order valence-electron chi connectivity index (χ1n) is 8.30. The highest BCUT2D eigenvalue weighted by molar-refractivity contribution is 5.23. The second kappa shape index (κ2) is 7.25. The van der Waals surface area contributed by atoms with Gasteiger partial charge in [0.15, 0.2) is 11.6 Å². The number of ether oxygens (including phenoxy) is 1. The van der Waals surface area contributed by atoms with E-state index >= 15 is 0 Å². The Morgan fingerprint density at radius 2 is 2.04 bits per heavy atom. The maximum atomic E-state index is 13.2. The molecule has 5 nitrogen and oxygen atoms in total. The van der Waals surface area contributed by atoms with E-state index in [0.29, 0.717) is 12.4 Å². The molecular formula is C17H22F2N4O. The average Bonchev–Trinajstić information content (AvgIpc) is 3.00. The summed E-state index contributed by atoms with van der Waals surface area (Å²) in [6, 6.07) is 3.59. The highest BCUT2D eigenvalue weighted by atomic mass is 19.2. The third-order valence-corrected chi connectivity index (χ3v) is 4.20. The third-order valence-electron chi connectivity index (χ3n) is 4.20. The number of nitrogens with zero attached hydrogens (tertiary/aromatic N) is 3. The average molecular weight is 336 g/mol. The van der Waals surface area contributed by atoms with Crippen LogP contribution < -0.4 is 10.1 Å². The molecule has 1 N–H and O–H groups in total. The summed E-state index contributed by atoms with van der Waals surface area (Å²) in [5.41, 5.74) is 0. The van der Waals surface area contributed by atoms with Gasteiger partial charge in [-0.05, 0) is 38.8 Å². The van der Waals surface area contributed by atoms with Crippen molar-refractivity contribution in [3.63, 3.8) is 0 Å². The second-order valence-corrected chi connectivity index (χ2v) is 6.26. The minimum atomic E-state index is -0.906. The smallest absolute Gasteiger partial charge is 0.162 e. The summed E-state index contributed by atoms with van der Waals surface area (Å²) < 4.78 is 33.8. The number of rotatable bonds is 6. The zero-order valence-electron chi connectivity index (χ0n) is 13.9. The molecule has 0 unspecified atom stereocenters. The lowest BCUT2D eigenvalue weighted by atomic mass is 10.1. The van der Waals surface area contributed by atoms with Gasteiger partial charge in [-0.2, -0.15) is 0 Å². The van der Waals surface area contributed by atoms with Crippen LogP contribution in [0.15, 0.2) is 18.2 Å². The molecule has 0 fully saturated rings. The van der Waals surface area contributed by atoms with Gasteiger partial charge in [-0.15, -0.1) is 10.2 Å². The van der Waals surface area contributed by atoms with E-state index in [1.807, 2.05) is 13.8 Å². The number of aromatic nitrogens is 3. The molecule has 2 heterocycles. The van der Waals surface area contributed by atoms with E-state index in [1.54, 1.807) is 0 Å². The molecule has 1 aromatic carbocycles. The fourth-order valence-corrected chi connectivity index (χ4v) is 2.99. The summed E-state index contributed by atoms with van der Waals surface area (Å²) in [6.45, 7) is 5.32. The van der Waals surface area contributed by atoms with Crippen molar-refractivity contribution in [2.24, 2.45) is 0 Å². The summed E-state index contributed by atoms with van der Waals surface area (Å²) in [5, 5.41) is 12.0. The fourth-order valence-electron chi connectivity index (χ4n) is 2.99. The summed E-state index contributed by atoms with van der Waals surface area (Å²) >= 11 is 0. The molecule has 24 heavy (non-hydrogen) atoms. The Bertz CT molecular complexity index is 704. The lowest BCUT2D eigenvalue weighted by Gasteiger charge is -2.22. The van der Waals surface area contributed by atoms with Gasteiger partial charge in [0.25, 0.3) is 0 Å². The molecule has 1 aromatic heterocycles. The molecule has 0 radical (unpaired) electrons. The van der Waals surface area contributed by atoms with Crippen LogP contribution in [0.2, 0.25) is 0 Å². The van der Waals surface area contributed by atoms with Crippen molar-refractivity contribution in [2.75, 3.05) is 6.61 Å². The van der Waals surface area contributed by atoms with Crippen molar-refractivity contribution in [1.29, 1.82) is 0 Å². The maximum Gasteiger partial charge on any atom is 0.162 e. The van der Waals surface area contributed by atoms with Crippen LogP contribution in [0.25, 0.3) is 0 Å². The Kier molecular flexibility index (Phi) is 5.08. The predicted molar refractivity (Wildman–Crippen MR) is 85.8 cm³/mol. The lowest BCUT2D eigenvalue weighted by molar-refractivity contribution is 0.259. The quantitative estimate of drug-likeness (QED) is 0.881. The minimum Gasteiger partial charge on any atom is -0.492 e. The SMILES string of the molecule is C[C@H](N[C@@H](C)COc1ccc(F)c(F)c1)c1nnc2n1CCCC2. The van der Waals surface area contributed by atoms with Crippen LogP contribution >= 0.6 is 0 Å². The predicted octanol–water partition coefficient (Wildman–Crippen LogP) is 3.01. The van der Waals surface area contributed by atoms with Gasteiger partial charge < -0.3 is 14.6 Å². The fraction of sp³-hybridized carbons (Fsp3) is 0.529. The van der Waals surface area contributed by atoms with Gasteiger partial charge in [0, 0.05) is 25.1 Å². The molecule has 0 saturated heterocycles. The van der Waals surface area contributed by atoms with E-state index in [4.69, 9.17) is 4.74 Å². The van der Waals surface area contributed by atoms with Crippen LogP contribution in [0.1, 0.15) is 44.4 Å². The van der Waals surface area contributed by atoms with E-state index in [9.17, 15) is 8.78 Å². The molecule has 2 aromatic rings. The summed E-state index contributed by atoms with van der Waals surface area (Å²) in [6.07, 6.45) is 3.30. The van der Waals surface area contributed by atoms with Crippen molar-refractivity contribution >= 4 is 0 Å². The first kappa shape index (κ1) is 16.8. The van der Waals surface area contributed by atoms with Crippen LogP contribution in [-0.4, -0.2) is 27.4 Å². The van der Waals surface area contributed by atoms with Crippen molar-refractivity contribution < 1.29 is 13.5 Å². The standard InChI is InChI=1S/C17H22F2N4O/c1-11(10-24-13-6-7-14(18)15(19)9-13)20-12(2)17-22-21-16-5-3-4-8-23(16)17/h6-7,9,11-12,20H,3-5,8,10H2,1-2H3/t11-,12-/m0/s1. The normalized spacial score (nSPS) is 16.5. The first-order chi connectivity index (χ1) is 11.5. The molecule has 2 atom stereocenters. The topological polar surface area (TPSA) is 52.0 Å². The minimum absolute atomic E-state index is 0.0182. The number of halogens is 2. The lowest BCUT2D eigenvalue weighted by Crippen LogP contribution is -2.35. The van der Waals surface area contributed by atoms with E-state index in [1.165, 1.54) is 12.5 Å². The summed E-state index contributed by atoms with van der Waals surface area (Å²) in [7, 11) is 0. The summed E-state index contributed by atoms with van der Waals surface area (Å²) in [4.78, 5) is 0. The number of hydrogen-bond donors (Lipinski definition) is 1. The van der Waals surface area contributed by atoms with Crippen LogP contribution in [-0.2, 0) is 13.0 Å². The molecule has 1 aliphatic rings. The number of hydrogen-bond acceptors (Lipinski definition) is 4. The van der Waals surface area contributed by atoms with E-state index < -0.39 is 11.6 Å². The Morgan fingerprint density at radius 3 is 2.83 bits per heavy atom. The van der Waals surface area contributed by atoms with E-state index in [2.05, 4.69) is 20.1 Å². The molecule has 7 heteroatoms. The molecule has 3 rings (SSSR count). The molecule has 1 aliphatic heterocycles. The molecule has 0 saturated carbocycles. The number of benzene rings is 1. The van der Waals surface area contributed by atoms with E-state index in [-0.39, 0.29) is 12.1 Å². The highest BCUT2D eigenvalue weighted by Gasteiger charge is 2.21. The Morgan fingerprint density at radius 1 is 1.21 bits per heavy atom. The Balaban J connectivity index is 1.55. The Labute approximate surface area is 140 Å². The molecule has 130 valence electrons. The van der Waals surface area contributed by atoms with Gasteiger partial charge >= 0.3 is 0 Å². The summed E-state index contributed by atoms with van der Waals surface area (Å²) in [5.74, 6) is 0.519. The van der Waals surface area contributed by atoms with Crippen LogP contribution in [0, 0.1) is 11.6 Å². The maximum absolute atomic E-state index is 13.2. The van der Waals surface area contributed by atoms with Crippen molar-refractivity contribution in [1.82, 2.24) is 20.1 Å². The molecular weight excluding hydrogens is 314 g/mol. The second-order valence-electron chi connectivity index (χ2n) is 6.26. The number of aryl methyl sites for hydroxylation is 1. The largest absolute Gasteiger partial charge is 0.492 e. The van der Waals surface area contributed by atoms with Crippen molar-refractivity contribution in [3.05, 3.63) is 41.5 Å². The molecule has 0 spiro atoms.